The number of ketones is 1. The Hall–Kier alpha value is -2.45. The third kappa shape index (κ3) is 4.34. The summed E-state index contributed by atoms with van der Waals surface area (Å²) >= 11 is 3.17. The molecular weight excluding hydrogens is 416 g/mol. The van der Waals surface area contributed by atoms with Crippen molar-refractivity contribution >= 4 is 40.5 Å². The van der Waals surface area contributed by atoms with Crippen LogP contribution in [0.5, 0.6) is 0 Å². The first-order chi connectivity index (χ1) is 14.4. The predicted octanol–water partition coefficient (Wildman–Crippen LogP) is 4.60. The SMILES string of the molecule is CC(=O)c1cccc(NC(=O)CSc2nnc(-c3csc4c3CCC(C)C4)n2C)c1. The number of carbonyl (C=O) groups is 2. The van der Waals surface area contributed by atoms with Crippen LogP contribution in [0.1, 0.15) is 41.1 Å². The first kappa shape index (κ1) is 20.8. The molecule has 0 aliphatic heterocycles. The van der Waals surface area contributed by atoms with Crippen LogP contribution < -0.4 is 5.32 Å². The summed E-state index contributed by atoms with van der Waals surface area (Å²) in [6.45, 7) is 3.81. The molecule has 0 radical (unpaired) electrons. The minimum Gasteiger partial charge on any atom is -0.325 e. The molecule has 1 aliphatic carbocycles. The highest BCUT2D eigenvalue weighted by molar-refractivity contribution is 7.99. The van der Waals surface area contributed by atoms with E-state index in [0.29, 0.717) is 16.4 Å². The highest BCUT2D eigenvalue weighted by atomic mass is 32.2. The quantitative estimate of drug-likeness (QED) is 0.448. The molecule has 0 saturated heterocycles. The van der Waals surface area contributed by atoms with Gasteiger partial charge in [-0.2, -0.15) is 0 Å². The van der Waals surface area contributed by atoms with E-state index >= 15 is 0 Å². The van der Waals surface area contributed by atoms with Crippen molar-refractivity contribution in [1.29, 1.82) is 0 Å². The number of benzene rings is 1. The lowest BCUT2D eigenvalue weighted by Crippen LogP contribution is -2.14. The van der Waals surface area contributed by atoms with Crippen molar-refractivity contribution in [3.63, 3.8) is 0 Å². The monoisotopic (exact) mass is 440 g/mol. The number of anilines is 1. The Bertz CT molecular complexity index is 1100. The first-order valence-electron chi connectivity index (χ1n) is 9.95. The minimum absolute atomic E-state index is 0.0304. The summed E-state index contributed by atoms with van der Waals surface area (Å²) in [5, 5.41) is 14.5. The predicted molar refractivity (Wildman–Crippen MR) is 121 cm³/mol. The second-order valence-corrected chi connectivity index (χ2v) is 9.64. The number of hydrogen-bond donors (Lipinski definition) is 1. The van der Waals surface area contributed by atoms with Crippen LogP contribution in [0.2, 0.25) is 0 Å². The van der Waals surface area contributed by atoms with E-state index in [-0.39, 0.29) is 17.4 Å². The number of hydrogen-bond acceptors (Lipinski definition) is 6. The fourth-order valence-electron chi connectivity index (χ4n) is 3.68. The highest BCUT2D eigenvalue weighted by Gasteiger charge is 2.23. The summed E-state index contributed by atoms with van der Waals surface area (Å²) in [6, 6.07) is 6.95. The average Bonchev–Trinajstić information content (AvgIpc) is 3.29. The molecule has 4 rings (SSSR count). The van der Waals surface area contributed by atoms with E-state index in [2.05, 4.69) is 27.8 Å². The van der Waals surface area contributed by atoms with Crippen molar-refractivity contribution in [1.82, 2.24) is 14.8 Å². The van der Waals surface area contributed by atoms with Crippen molar-refractivity contribution < 1.29 is 9.59 Å². The van der Waals surface area contributed by atoms with Crippen molar-refractivity contribution in [2.75, 3.05) is 11.1 Å². The van der Waals surface area contributed by atoms with Crippen LogP contribution in [-0.4, -0.2) is 32.2 Å². The largest absolute Gasteiger partial charge is 0.325 e. The molecule has 6 nitrogen and oxygen atoms in total. The van der Waals surface area contributed by atoms with Gasteiger partial charge in [0.05, 0.1) is 5.75 Å². The van der Waals surface area contributed by atoms with E-state index in [1.54, 1.807) is 24.3 Å². The Morgan fingerprint density at radius 2 is 2.17 bits per heavy atom. The van der Waals surface area contributed by atoms with Crippen LogP contribution in [0.15, 0.2) is 34.8 Å². The number of thioether (sulfide) groups is 1. The molecule has 2 aromatic heterocycles. The molecule has 1 amide bonds. The second kappa shape index (κ2) is 8.73. The summed E-state index contributed by atoms with van der Waals surface area (Å²) in [5.74, 6) is 1.64. The number of Topliss-reactive ketones (excluding diaryl/α,β-unsaturated/α-hetero) is 1. The zero-order valence-corrected chi connectivity index (χ0v) is 18.9. The van der Waals surface area contributed by atoms with Gasteiger partial charge in [-0.05, 0) is 49.8 Å². The Balaban J connectivity index is 1.42. The molecule has 1 aromatic carbocycles. The van der Waals surface area contributed by atoms with Crippen LogP contribution in [0.25, 0.3) is 11.4 Å². The topological polar surface area (TPSA) is 76.9 Å². The number of amides is 1. The molecule has 30 heavy (non-hydrogen) atoms. The second-order valence-electron chi connectivity index (χ2n) is 7.74. The van der Waals surface area contributed by atoms with E-state index in [9.17, 15) is 9.59 Å². The van der Waals surface area contributed by atoms with E-state index in [1.807, 2.05) is 23.0 Å². The molecule has 0 saturated carbocycles. The third-order valence-electron chi connectivity index (χ3n) is 5.36. The zero-order valence-electron chi connectivity index (χ0n) is 17.3. The number of nitrogens with one attached hydrogen (secondary N) is 1. The fourth-order valence-corrected chi connectivity index (χ4v) is 5.64. The Morgan fingerprint density at radius 1 is 1.33 bits per heavy atom. The standard InChI is InChI=1S/C22H24N4O2S2/c1-13-7-8-17-18(11-29-19(17)9-13)21-24-25-22(26(21)3)30-12-20(28)23-16-6-4-5-15(10-16)14(2)27/h4-6,10-11,13H,7-9,12H2,1-3H3,(H,23,28). The van der Waals surface area contributed by atoms with Crippen LogP contribution in [0.4, 0.5) is 5.69 Å². The molecule has 1 N–H and O–H groups in total. The summed E-state index contributed by atoms with van der Waals surface area (Å²) in [5.41, 5.74) is 3.78. The maximum absolute atomic E-state index is 12.4. The first-order valence-corrected chi connectivity index (χ1v) is 11.8. The van der Waals surface area contributed by atoms with Gasteiger partial charge < -0.3 is 9.88 Å². The molecule has 8 heteroatoms. The van der Waals surface area contributed by atoms with Gasteiger partial charge in [0.1, 0.15) is 0 Å². The molecule has 1 aliphatic rings. The van der Waals surface area contributed by atoms with Gasteiger partial charge in [-0.15, -0.1) is 21.5 Å². The molecule has 156 valence electrons. The van der Waals surface area contributed by atoms with Gasteiger partial charge in [0, 0.05) is 34.1 Å². The summed E-state index contributed by atoms with van der Waals surface area (Å²) < 4.78 is 1.97. The molecule has 3 aromatic rings. The zero-order chi connectivity index (χ0) is 21.3. The molecule has 1 unspecified atom stereocenters. The summed E-state index contributed by atoms with van der Waals surface area (Å²) in [4.78, 5) is 25.3. The Labute approximate surface area is 184 Å². The lowest BCUT2D eigenvalue weighted by molar-refractivity contribution is -0.113. The van der Waals surface area contributed by atoms with Gasteiger partial charge in [-0.3, -0.25) is 9.59 Å². The van der Waals surface area contributed by atoms with Crippen LogP contribution in [0.3, 0.4) is 0 Å². The average molecular weight is 441 g/mol. The Kier molecular flexibility index (Phi) is 6.06. The van der Waals surface area contributed by atoms with Gasteiger partial charge in [0.15, 0.2) is 16.8 Å². The van der Waals surface area contributed by atoms with Gasteiger partial charge in [0.25, 0.3) is 0 Å². The van der Waals surface area contributed by atoms with E-state index in [0.717, 1.165) is 24.6 Å². The molecular formula is C22H24N4O2S2. The van der Waals surface area contributed by atoms with E-state index in [4.69, 9.17) is 0 Å². The van der Waals surface area contributed by atoms with Gasteiger partial charge in [-0.1, -0.05) is 30.8 Å². The molecule has 0 bridgehead atoms. The number of carbonyl (C=O) groups excluding carboxylic acids is 2. The van der Waals surface area contributed by atoms with Crippen LogP contribution >= 0.6 is 23.1 Å². The number of thiophene rings is 1. The molecule has 1 atom stereocenters. The van der Waals surface area contributed by atoms with Crippen molar-refractivity contribution in [3.8, 4) is 11.4 Å². The number of aromatic nitrogens is 3. The summed E-state index contributed by atoms with van der Waals surface area (Å²) in [6.07, 6.45) is 3.44. The lowest BCUT2D eigenvalue weighted by atomic mass is 9.88. The van der Waals surface area contributed by atoms with Gasteiger partial charge in [0.2, 0.25) is 5.91 Å². The van der Waals surface area contributed by atoms with Gasteiger partial charge in [-0.25, -0.2) is 0 Å². The van der Waals surface area contributed by atoms with Crippen molar-refractivity contribution in [2.45, 2.75) is 38.3 Å². The molecule has 2 heterocycles. The molecule has 0 spiro atoms. The van der Waals surface area contributed by atoms with Crippen molar-refractivity contribution in [2.24, 2.45) is 13.0 Å². The molecule has 0 fully saturated rings. The van der Waals surface area contributed by atoms with Crippen molar-refractivity contribution in [3.05, 3.63) is 45.6 Å². The van der Waals surface area contributed by atoms with Crippen LogP contribution in [-0.2, 0) is 24.7 Å². The summed E-state index contributed by atoms with van der Waals surface area (Å²) in [7, 11) is 1.95. The van der Waals surface area contributed by atoms with Crippen LogP contribution in [0, 0.1) is 5.92 Å². The smallest absolute Gasteiger partial charge is 0.234 e. The normalized spacial score (nSPS) is 15.6. The Morgan fingerprint density at radius 3 is 2.97 bits per heavy atom. The lowest BCUT2D eigenvalue weighted by Gasteiger charge is -2.18. The number of rotatable bonds is 6. The van der Waals surface area contributed by atoms with E-state index in [1.165, 1.54) is 41.1 Å². The number of fused-ring (bicyclic) bond motifs is 1. The minimum atomic E-state index is -0.146. The third-order valence-corrected chi connectivity index (χ3v) is 7.43. The fraction of sp³-hybridized carbons (Fsp3) is 0.364. The maximum Gasteiger partial charge on any atom is 0.234 e. The van der Waals surface area contributed by atoms with E-state index < -0.39 is 0 Å². The van der Waals surface area contributed by atoms with Gasteiger partial charge >= 0.3 is 0 Å². The highest BCUT2D eigenvalue weighted by Crippen LogP contribution is 2.38. The maximum atomic E-state index is 12.4. The number of nitrogens with zero attached hydrogens (tertiary/aromatic N) is 3.